The largest absolute Gasteiger partial charge is 0.399 e. The van der Waals surface area contributed by atoms with Crippen LogP contribution in [0.5, 0.6) is 0 Å². The van der Waals surface area contributed by atoms with Crippen molar-refractivity contribution in [2.45, 2.75) is 19.9 Å². The molecule has 15 heavy (non-hydrogen) atoms. The minimum absolute atomic E-state index is 0.176. The lowest BCUT2D eigenvalue weighted by molar-refractivity contribution is 0.141. The second-order valence-corrected chi connectivity index (χ2v) is 3.70. The van der Waals surface area contributed by atoms with Crippen LogP contribution in [0.15, 0.2) is 12.1 Å². The van der Waals surface area contributed by atoms with Crippen LogP contribution in [0.2, 0.25) is 5.15 Å². The summed E-state index contributed by atoms with van der Waals surface area (Å²) in [5.74, 6) is 0.673. The third kappa shape index (κ3) is 4.36. The van der Waals surface area contributed by atoms with Crippen molar-refractivity contribution in [1.29, 1.82) is 0 Å². The Labute approximate surface area is 94.8 Å². The molecule has 0 spiro atoms. The standard InChI is InChI=1S/C10H16ClN3O/c1-3-15-6-7(2)13-10-5-8(12)4-9(11)14-10/h4-5,7H,3,6H2,1-2H3,(H3,12,13,14). The van der Waals surface area contributed by atoms with Crippen molar-refractivity contribution in [3.8, 4) is 0 Å². The van der Waals surface area contributed by atoms with Crippen LogP contribution >= 0.6 is 11.6 Å². The highest BCUT2D eigenvalue weighted by molar-refractivity contribution is 6.29. The Kier molecular flexibility index (Phi) is 4.65. The fraction of sp³-hybridized carbons (Fsp3) is 0.500. The third-order valence-corrected chi connectivity index (χ3v) is 1.98. The fourth-order valence-corrected chi connectivity index (χ4v) is 1.40. The molecule has 0 aliphatic carbocycles. The van der Waals surface area contributed by atoms with Gasteiger partial charge in [-0.05, 0) is 19.9 Å². The Morgan fingerprint density at radius 1 is 1.60 bits per heavy atom. The molecule has 1 aromatic heterocycles. The monoisotopic (exact) mass is 229 g/mol. The number of pyridine rings is 1. The van der Waals surface area contributed by atoms with Crippen molar-refractivity contribution in [3.05, 3.63) is 17.3 Å². The van der Waals surface area contributed by atoms with Crippen LogP contribution < -0.4 is 11.1 Å². The summed E-state index contributed by atoms with van der Waals surface area (Å²) in [6.07, 6.45) is 0. The number of nitrogen functional groups attached to an aromatic ring is 1. The van der Waals surface area contributed by atoms with Crippen LogP contribution in [0, 0.1) is 0 Å². The molecule has 0 aliphatic rings. The SMILES string of the molecule is CCOCC(C)Nc1cc(N)cc(Cl)n1. The molecule has 1 unspecified atom stereocenters. The van der Waals surface area contributed by atoms with E-state index in [4.69, 9.17) is 22.1 Å². The first-order chi connectivity index (χ1) is 7.11. The molecular weight excluding hydrogens is 214 g/mol. The maximum Gasteiger partial charge on any atom is 0.133 e. The van der Waals surface area contributed by atoms with E-state index in [1.807, 2.05) is 13.8 Å². The fourth-order valence-electron chi connectivity index (χ4n) is 1.18. The number of halogens is 1. The van der Waals surface area contributed by atoms with Gasteiger partial charge in [0.25, 0.3) is 0 Å². The van der Waals surface area contributed by atoms with Crippen LogP contribution in [0.3, 0.4) is 0 Å². The maximum absolute atomic E-state index is 5.78. The second-order valence-electron chi connectivity index (χ2n) is 3.31. The number of nitrogens with zero attached hydrogens (tertiary/aromatic N) is 1. The summed E-state index contributed by atoms with van der Waals surface area (Å²) in [5.41, 5.74) is 6.24. The zero-order chi connectivity index (χ0) is 11.3. The van der Waals surface area contributed by atoms with E-state index in [0.717, 1.165) is 0 Å². The molecule has 0 aliphatic heterocycles. The Bertz CT molecular complexity index is 299. The number of anilines is 2. The van der Waals surface area contributed by atoms with Gasteiger partial charge in [-0.15, -0.1) is 0 Å². The number of aromatic nitrogens is 1. The number of ether oxygens (including phenoxy) is 1. The lowest BCUT2D eigenvalue weighted by Crippen LogP contribution is -2.22. The first-order valence-corrected chi connectivity index (χ1v) is 5.27. The van der Waals surface area contributed by atoms with Crippen LogP contribution in [0.25, 0.3) is 0 Å². The molecule has 0 radical (unpaired) electrons. The molecule has 4 nitrogen and oxygen atoms in total. The highest BCUT2D eigenvalue weighted by atomic mass is 35.5. The van der Waals surface area contributed by atoms with E-state index >= 15 is 0 Å². The highest BCUT2D eigenvalue weighted by Crippen LogP contribution is 2.16. The maximum atomic E-state index is 5.78. The summed E-state index contributed by atoms with van der Waals surface area (Å²) in [6, 6.07) is 3.53. The molecule has 1 rings (SSSR count). The van der Waals surface area contributed by atoms with Gasteiger partial charge in [-0.3, -0.25) is 0 Å². The average molecular weight is 230 g/mol. The first kappa shape index (κ1) is 12.1. The predicted octanol–water partition coefficient (Wildman–Crippen LogP) is 2.15. The predicted molar refractivity (Wildman–Crippen MR) is 63.2 cm³/mol. The van der Waals surface area contributed by atoms with Crippen LogP contribution in [0.4, 0.5) is 11.5 Å². The van der Waals surface area contributed by atoms with Gasteiger partial charge in [0, 0.05) is 24.4 Å². The van der Waals surface area contributed by atoms with Crippen molar-refractivity contribution in [3.63, 3.8) is 0 Å². The van der Waals surface area contributed by atoms with E-state index in [2.05, 4.69) is 10.3 Å². The topological polar surface area (TPSA) is 60.2 Å². The minimum atomic E-state index is 0.176. The molecule has 0 amide bonds. The number of hydrogen-bond donors (Lipinski definition) is 2. The zero-order valence-electron chi connectivity index (χ0n) is 8.96. The van der Waals surface area contributed by atoms with Gasteiger partial charge in [0.15, 0.2) is 0 Å². The zero-order valence-corrected chi connectivity index (χ0v) is 9.71. The van der Waals surface area contributed by atoms with Gasteiger partial charge in [0.05, 0.1) is 6.61 Å². The van der Waals surface area contributed by atoms with Gasteiger partial charge < -0.3 is 15.8 Å². The molecule has 0 saturated heterocycles. The van der Waals surface area contributed by atoms with E-state index < -0.39 is 0 Å². The Morgan fingerprint density at radius 2 is 2.33 bits per heavy atom. The van der Waals surface area contributed by atoms with Crippen molar-refractivity contribution < 1.29 is 4.74 Å². The van der Waals surface area contributed by atoms with Gasteiger partial charge in [0.2, 0.25) is 0 Å². The molecule has 0 fully saturated rings. The molecular formula is C10H16ClN3O. The van der Waals surface area contributed by atoms with E-state index in [1.54, 1.807) is 12.1 Å². The second kappa shape index (κ2) is 5.78. The summed E-state index contributed by atoms with van der Waals surface area (Å²) in [5, 5.41) is 3.55. The van der Waals surface area contributed by atoms with E-state index in [9.17, 15) is 0 Å². The quantitative estimate of drug-likeness (QED) is 0.760. The van der Waals surface area contributed by atoms with Crippen molar-refractivity contribution >= 4 is 23.1 Å². The van der Waals surface area contributed by atoms with E-state index in [1.165, 1.54) is 0 Å². The molecule has 0 aromatic carbocycles. The summed E-state index contributed by atoms with van der Waals surface area (Å²) < 4.78 is 5.27. The molecule has 1 atom stereocenters. The number of nitrogens with two attached hydrogens (primary N) is 1. The molecule has 5 heteroatoms. The van der Waals surface area contributed by atoms with Gasteiger partial charge in [-0.25, -0.2) is 4.98 Å². The van der Waals surface area contributed by atoms with E-state index in [0.29, 0.717) is 29.9 Å². The lowest BCUT2D eigenvalue weighted by Gasteiger charge is -2.14. The van der Waals surface area contributed by atoms with Crippen LogP contribution in [-0.4, -0.2) is 24.2 Å². The van der Waals surface area contributed by atoms with Crippen LogP contribution in [-0.2, 0) is 4.74 Å². The minimum Gasteiger partial charge on any atom is -0.399 e. The number of rotatable bonds is 5. The van der Waals surface area contributed by atoms with Crippen LogP contribution in [0.1, 0.15) is 13.8 Å². The van der Waals surface area contributed by atoms with E-state index in [-0.39, 0.29) is 6.04 Å². The van der Waals surface area contributed by atoms with Crippen molar-refractivity contribution in [1.82, 2.24) is 4.98 Å². The smallest absolute Gasteiger partial charge is 0.133 e. The summed E-state index contributed by atoms with van der Waals surface area (Å²) in [4.78, 5) is 4.10. The first-order valence-electron chi connectivity index (χ1n) is 4.89. The Balaban J connectivity index is 2.56. The molecule has 1 heterocycles. The molecule has 3 N–H and O–H groups in total. The summed E-state index contributed by atoms with van der Waals surface area (Å²) in [7, 11) is 0. The molecule has 1 aromatic rings. The lowest BCUT2D eigenvalue weighted by atomic mass is 10.3. The third-order valence-electron chi connectivity index (χ3n) is 1.78. The highest BCUT2D eigenvalue weighted by Gasteiger charge is 2.04. The van der Waals surface area contributed by atoms with Gasteiger partial charge in [0.1, 0.15) is 11.0 Å². The normalized spacial score (nSPS) is 12.5. The van der Waals surface area contributed by atoms with Gasteiger partial charge in [-0.2, -0.15) is 0 Å². The summed E-state index contributed by atoms with van der Waals surface area (Å²) >= 11 is 5.78. The van der Waals surface area contributed by atoms with Gasteiger partial charge >= 0.3 is 0 Å². The average Bonchev–Trinajstić information content (AvgIpc) is 2.13. The Morgan fingerprint density at radius 3 is 2.93 bits per heavy atom. The number of nitrogens with one attached hydrogen (secondary N) is 1. The van der Waals surface area contributed by atoms with Gasteiger partial charge in [-0.1, -0.05) is 11.6 Å². The van der Waals surface area contributed by atoms with Crippen molar-refractivity contribution in [2.24, 2.45) is 0 Å². The van der Waals surface area contributed by atoms with Crippen molar-refractivity contribution in [2.75, 3.05) is 24.3 Å². The molecule has 0 bridgehead atoms. The number of hydrogen-bond acceptors (Lipinski definition) is 4. The summed E-state index contributed by atoms with van der Waals surface area (Å²) in [6.45, 7) is 5.30. The molecule has 84 valence electrons. The molecule has 0 saturated carbocycles. The Hall–Kier alpha value is -1.00.